The maximum atomic E-state index is 11.4. The van der Waals surface area contributed by atoms with Crippen LogP contribution in [0.2, 0.25) is 0 Å². The Balaban J connectivity index is 1.99. The first-order valence-corrected chi connectivity index (χ1v) is 7.36. The molecule has 3 aromatic rings. The maximum Gasteiger partial charge on any atom is 0.339 e. The van der Waals surface area contributed by atoms with Crippen LogP contribution in [0.25, 0.3) is 10.6 Å². The molecule has 1 N–H and O–H groups in total. The number of aromatic carboxylic acids is 1. The number of carbonyl (C=O) groups is 1. The van der Waals surface area contributed by atoms with Gasteiger partial charge in [0.1, 0.15) is 11.3 Å². The molecule has 0 aliphatic carbocycles. The highest BCUT2D eigenvalue weighted by Crippen LogP contribution is 2.29. The monoisotopic (exact) mass is 298 g/mol. The Morgan fingerprint density at radius 3 is 2.62 bits per heavy atom. The fourth-order valence-electron chi connectivity index (χ4n) is 2.17. The van der Waals surface area contributed by atoms with E-state index < -0.39 is 5.97 Å². The fraction of sp³-hybridized carbons (Fsp3) is 0.125. The van der Waals surface area contributed by atoms with E-state index in [9.17, 15) is 9.90 Å². The summed E-state index contributed by atoms with van der Waals surface area (Å²) in [5, 5.41) is 13.8. The summed E-state index contributed by atoms with van der Waals surface area (Å²) in [6, 6.07) is 13.8. The molecule has 0 amide bonds. The van der Waals surface area contributed by atoms with Crippen LogP contribution in [0, 0.1) is 6.92 Å². The largest absolute Gasteiger partial charge is 0.478 e. The molecular weight excluding hydrogens is 284 g/mol. The summed E-state index contributed by atoms with van der Waals surface area (Å²) in [4.78, 5) is 13.4. The molecule has 0 unspecified atom stereocenters. The van der Waals surface area contributed by atoms with E-state index in [0.29, 0.717) is 12.2 Å². The van der Waals surface area contributed by atoms with Crippen LogP contribution < -0.4 is 0 Å². The molecule has 0 aliphatic heterocycles. The van der Waals surface area contributed by atoms with E-state index in [0.717, 1.165) is 15.3 Å². The van der Waals surface area contributed by atoms with Gasteiger partial charge in [0, 0.05) is 11.1 Å². The molecule has 0 saturated heterocycles. The predicted octanol–water partition coefficient (Wildman–Crippen LogP) is 3.67. The van der Waals surface area contributed by atoms with Gasteiger partial charge in [0.2, 0.25) is 0 Å². The third-order valence-electron chi connectivity index (χ3n) is 3.15. The van der Waals surface area contributed by atoms with Crippen molar-refractivity contribution < 1.29 is 9.90 Å². The fourth-order valence-corrected chi connectivity index (χ4v) is 3.04. The number of carboxylic acids is 1. The van der Waals surface area contributed by atoms with Crippen molar-refractivity contribution in [2.24, 2.45) is 0 Å². The van der Waals surface area contributed by atoms with Gasteiger partial charge >= 0.3 is 5.97 Å². The molecular formula is C16H14N2O2S. The number of benzene rings is 1. The summed E-state index contributed by atoms with van der Waals surface area (Å²) in [5.41, 5.74) is 1.87. The van der Waals surface area contributed by atoms with Gasteiger partial charge in [0.05, 0.1) is 11.4 Å². The molecule has 4 nitrogen and oxygen atoms in total. The Morgan fingerprint density at radius 2 is 2.00 bits per heavy atom. The van der Waals surface area contributed by atoms with Crippen LogP contribution in [0.1, 0.15) is 20.8 Å². The van der Waals surface area contributed by atoms with E-state index in [2.05, 4.69) is 5.10 Å². The average molecular weight is 298 g/mol. The summed E-state index contributed by atoms with van der Waals surface area (Å²) < 4.78 is 1.68. The number of aryl methyl sites for hydroxylation is 1. The van der Waals surface area contributed by atoms with Gasteiger partial charge in [-0.25, -0.2) is 4.79 Å². The minimum Gasteiger partial charge on any atom is -0.478 e. The molecule has 3 rings (SSSR count). The zero-order chi connectivity index (χ0) is 14.8. The van der Waals surface area contributed by atoms with Crippen LogP contribution >= 0.6 is 11.3 Å². The third-order valence-corrected chi connectivity index (χ3v) is 4.16. The van der Waals surface area contributed by atoms with Crippen molar-refractivity contribution in [3.63, 3.8) is 0 Å². The van der Waals surface area contributed by atoms with E-state index in [1.54, 1.807) is 22.2 Å². The van der Waals surface area contributed by atoms with Crippen LogP contribution in [0.3, 0.4) is 0 Å². The van der Waals surface area contributed by atoms with E-state index in [-0.39, 0.29) is 5.56 Å². The average Bonchev–Trinajstić information content (AvgIpc) is 3.06. The maximum absolute atomic E-state index is 11.4. The van der Waals surface area contributed by atoms with E-state index in [1.165, 1.54) is 0 Å². The summed E-state index contributed by atoms with van der Waals surface area (Å²) in [7, 11) is 0. The molecule has 0 atom stereocenters. The molecule has 0 aliphatic rings. The topological polar surface area (TPSA) is 55.1 Å². The first-order chi connectivity index (χ1) is 10.1. The molecule has 1 aromatic carbocycles. The quantitative estimate of drug-likeness (QED) is 0.799. The van der Waals surface area contributed by atoms with Crippen molar-refractivity contribution in [1.82, 2.24) is 9.78 Å². The highest BCUT2D eigenvalue weighted by Gasteiger charge is 2.18. The Hall–Kier alpha value is -2.40. The second kappa shape index (κ2) is 5.54. The minimum atomic E-state index is -0.949. The van der Waals surface area contributed by atoms with Gasteiger partial charge in [-0.2, -0.15) is 5.10 Å². The lowest BCUT2D eigenvalue weighted by Crippen LogP contribution is -2.00. The molecule has 0 radical (unpaired) electrons. The number of nitrogens with zero attached hydrogens (tertiary/aromatic N) is 2. The van der Waals surface area contributed by atoms with Gasteiger partial charge in [0.25, 0.3) is 0 Å². The smallest absolute Gasteiger partial charge is 0.339 e. The molecule has 0 bridgehead atoms. The van der Waals surface area contributed by atoms with Crippen LogP contribution in [0.15, 0.2) is 48.7 Å². The van der Waals surface area contributed by atoms with Gasteiger partial charge in [-0.15, -0.1) is 11.3 Å². The lowest BCUT2D eigenvalue weighted by molar-refractivity contribution is 0.0697. The van der Waals surface area contributed by atoms with Gasteiger partial charge in [-0.05, 0) is 24.6 Å². The lowest BCUT2D eigenvalue weighted by Gasteiger charge is -2.00. The number of carboxylic acid groups (broad SMARTS) is 1. The summed E-state index contributed by atoms with van der Waals surface area (Å²) >= 11 is 1.55. The molecule has 2 aromatic heterocycles. The summed E-state index contributed by atoms with van der Waals surface area (Å²) in [6.07, 6.45) is 1.60. The number of aromatic nitrogens is 2. The summed E-state index contributed by atoms with van der Waals surface area (Å²) in [5.74, 6) is -0.949. The van der Waals surface area contributed by atoms with Crippen molar-refractivity contribution in [3.05, 3.63) is 64.7 Å². The third kappa shape index (κ3) is 2.87. The standard InChI is InChI=1S/C16H14N2O2S/c1-11-7-8-14(21-11)15-13(16(19)20)10-18(17-15)9-12-5-3-2-4-6-12/h2-8,10H,9H2,1H3,(H,19,20). The Bertz CT molecular complexity index is 775. The molecule has 21 heavy (non-hydrogen) atoms. The molecule has 106 valence electrons. The normalized spacial score (nSPS) is 10.7. The highest BCUT2D eigenvalue weighted by molar-refractivity contribution is 7.15. The van der Waals surface area contributed by atoms with Crippen molar-refractivity contribution >= 4 is 17.3 Å². The SMILES string of the molecule is Cc1ccc(-c2nn(Cc3ccccc3)cc2C(=O)O)s1. The Morgan fingerprint density at radius 1 is 1.24 bits per heavy atom. The van der Waals surface area contributed by atoms with Crippen LogP contribution in [0.5, 0.6) is 0 Å². The van der Waals surface area contributed by atoms with Crippen LogP contribution in [-0.2, 0) is 6.54 Å². The predicted molar refractivity (Wildman–Crippen MR) is 82.8 cm³/mol. The Labute approximate surface area is 126 Å². The van der Waals surface area contributed by atoms with Crippen molar-refractivity contribution in [1.29, 1.82) is 0 Å². The van der Waals surface area contributed by atoms with Crippen molar-refractivity contribution in [2.45, 2.75) is 13.5 Å². The van der Waals surface area contributed by atoms with E-state index in [4.69, 9.17) is 0 Å². The zero-order valence-electron chi connectivity index (χ0n) is 11.5. The van der Waals surface area contributed by atoms with Crippen LogP contribution in [-0.4, -0.2) is 20.9 Å². The highest BCUT2D eigenvalue weighted by atomic mass is 32.1. The molecule has 0 saturated carbocycles. The van der Waals surface area contributed by atoms with Gasteiger partial charge in [-0.3, -0.25) is 4.68 Å². The molecule has 0 spiro atoms. The number of hydrogen-bond acceptors (Lipinski definition) is 3. The minimum absolute atomic E-state index is 0.243. The molecule has 5 heteroatoms. The van der Waals surface area contributed by atoms with Crippen molar-refractivity contribution in [2.75, 3.05) is 0 Å². The zero-order valence-corrected chi connectivity index (χ0v) is 12.3. The first-order valence-electron chi connectivity index (χ1n) is 6.55. The molecule has 2 heterocycles. The van der Waals surface area contributed by atoms with Gasteiger partial charge < -0.3 is 5.11 Å². The number of rotatable bonds is 4. The molecule has 0 fully saturated rings. The Kier molecular flexibility index (Phi) is 3.58. The number of hydrogen-bond donors (Lipinski definition) is 1. The number of thiophene rings is 1. The second-order valence-electron chi connectivity index (χ2n) is 4.79. The van der Waals surface area contributed by atoms with Crippen molar-refractivity contribution in [3.8, 4) is 10.6 Å². The van der Waals surface area contributed by atoms with E-state index in [1.807, 2.05) is 49.4 Å². The van der Waals surface area contributed by atoms with Gasteiger partial charge in [0.15, 0.2) is 0 Å². The summed E-state index contributed by atoms with van der Waals surface area (Å²) in [6.45, 7) is 2.56. The lowest BCUT2D eigenvalue weighted by atomic mass is 10.2. The van der Waals surface area contributed by atoms with Crippen LogP contribution in [0.4, 0.5) is 0 Å². The van der Waals surface area contributed by atoms with E-state index >= 15 is 0 Å². The second-order valence-corrected chi connectivity index (χ2v) is 6.08. The first kappa shape index (κ1) is 13.6. The van der Waals surface area contributed by atoms with Gasteiger partial charge in [-0.1, -0.05) is 30.3 Å².